The first-order valence-electron chi connectivity index (χ1n) is 12.1. The third-order valence-corrected chi connectivity index (χ3v) is 10.2. The number of rotatable bonds is 1. The minimum atomic E-state index is 0.315. The summed E-state index contributed by atoms with van der Waals surface area (Å²) < 4.78 is 2.42. The standard InChI is InChI=1S/C27H36N2/c1-18-12-14-26(2)19(16-18)8-9-20-21-10-11-25(27(21,3)15-13-22(20)26)29-17-28-23-6-4-5-7-24(23)29/h4-7,11,17-22H,8-10,12-16H2,1-3H3/t18-,19-,20?,21?,22?,26+,27+/m1/s1. The zero-order valence-electron chi connectivity index (χ0n) is 18.4. The van der Waals surface area contributed by atoms with Gasteiger partial charge in [0.05, 0.1) is 11.0 Å². The Labute approximate surface area is 175 Å². The molecule has 3 fully saturated rings. The Morgan fingerprint density at radius 2 is 1.86 bits per heavy atom. The molecule has 154 valence electrons. The van der Waals surface area contributed by atoms with Crippen LogP contribution in [0.15, 0.2) is 36.7 Å². The molecule has 0 radical (unpaired) electrons. The molecule has 6 rings (SSSR count). The number of para-hydroxylation sites is 2. The van der Waals surface area contributed by atoms with Gasteiger partial charge >= 0.3 is 0 Å². The van der Waals surface area contributed by atoms with Crippen molar-refractivity contribution in [3.05, 3.63) is 36.7 Å². The fraction of sp³-hybridized carbons (Fsp3) is 0.667. The molecule has 0 N–H and O–H groups in total. The molecule has 0 spiro atoms. The van der Waals surface area contributed by atoms with E-state index in [1.54, 1.807) is 5.70 Å². The fourth-order valence-electron chi connectivity index (χ4n) is 8.54. The molecule has 1 aromatic carbocycles. The predicted octanol–water partition coefficient (Wildman–Crippen LogP) is 7.17. The monoisotopic (exact) mass is 388 g/mol. The second-order valence-corrected chi connectivity index (χ2v) is 11.4. The summed E-state index contributed by atoms with van der Waals surface area (Å²) in [6, 6.07) is 8.63. The molecular weight excluding hydrogens is 352 g/mol. The highest BCUT2D eigenvalue weighted by molar-refractivity contribution is 5.80. The molecule has 4 aliphatic rings. The second-order valence-electron chi connectivity index (χ2n) is 11.4. The van der Waals surface area contributed by atoms with Crippen LogP contribution in [0.3, 0.4) is 0 Å². The maximum atomic E-state index is 4.71. The SMILES string of the molecule is C[C@@H]1CC[C@]2(C)C3CC[C@]4(C)C(n5cnc6ccccc65)=CCC4C3CC[C@@H]2C1. The van der Waals surface area contributed by atoms with Crippen LogP contribution >= 0.6 is 0 Å². The molecule has 2 nitrogen and oxygen atoms in total. The number of imidazole rings is 1. The molecule has 3 saturated carbocycles. The van der Waals surface area contributed by atoms with Crippen LogP contribution in [0.25, 0.3) is 16.7 Å². The Morgan fingerprint density at radius 1 is 1.00 bits per heavy atom. The van der Waals surface area contributed by atoms with E-state index in [9.17, 15) is 0 Å². The lowest BCUT2D eigenvalue weighted by atomic mass is 9.44. The van der Waals surface area contributed by atoms with Crippen LogP contribution in [0.1, 0.15) is 72.1 Å². The summed E-state index contributed by atoms with van der Waals surface area (Å²) in [5.41, 5.74) is 4.87. The number of allylic oxidation sites excluding steroid dienone is 2. The van der Waals surface area contributed by atoms with Crippen LogP contribution in [0.2, 0.25) is 0 Å². The minimum absolute atomic E-state index is 0.315. The van der Waals surface area contributed by atoms with Crippen molar-refractivity contribution in [1.82, 2.24) is 9.55 Å². The first-order valence-corrected chi connectivity index (χ1v) is 12.1. The zero-order chi connectivity index (χ0) is 19.8. The number of fused-ring (bicyclic) bond motifs is 6. The third kappa shape index (κ3) is 2.44. The van der Waals surface area contributed by atoms with Crippen LogP contribution in [0, 0.1) is 40.4 Å². The average Bonchev–Trinajstić information content (AvgIpc) is 3.29. The normalized spacial score (nSPS) is 44.1. The summed E-state index contributed by atoms with van der Waals surface area (Å²) in [7, 11) is 0. The molecule has 1 aromatic heterocycles. The van der Waals surface area contributed by atoms with Gasteiger partial charge in [0.2, 0.25) is 0 Å². The van der Waals surface area contributed by atoms with E-state index in [-0.39, 0.29) is 0 Å². The van der Waals surface area contributed by atoms with Crippen molar-refractivity contribution in [2.24, 2.45) is 40.4 Å². The quantitative estimate of drug-likeness (QED) is 0.506. The summed E-state index contributed by atoms with van der Waals surface area (Å²) in [6.07, 6.45) is 16.1. The first-order chi connectivity index (χ1) is 14.0. The number of hydrogen-bond donors (Lipinski definition) is 0. The van der Waals surface area contributed by atoms with E-state index < -0.39 is 0 Å². The zero-order valence-corrected chi connectivity index (χ0v) is 18.4. The lowest BCUT2D eigenvalue weighted by molar-refractivity contribution is -0.103. The van der Waals surface area contributed by atoms with Crippen LogP contribution in [0.4, 0.5) is 0 Å². The molecule has 4 aliphatic carbocycles. The molecule has 2 aromatic rings. The van der Waals surface area contributed by atoms with Gasteiger partial charge in [-0.05, 0) is 92.1 Å². The highest BCUT2D eigenvalue weighted by Crippen LogP contribution is 2.67. The highest BCUT2D eigenvalue weighted by atomic mass is 15.1. The lowest BCUT2D eigenvalue weighted by Crippen LogP contribution is -2.53. The van der Waals surface area contributed by atoms with Gasteiger partial charge in [-0.1, -0.05) is 45.4 Å². The number of aromatic nitrogens is 2. The number of hydrogen-bond acceptors (Lipinski definition) is 1. The van der Waals surface area contributed by atoms with Gasteiger partial charge in [0, 0.05) is 11.1 Å². The van der Waals surface area contributed by atoms with E-state index in [0.717, 1.165) is 35.1 Å². The topological polar surface area (TPSA) is 17.8 Å². The molecule has 2 heteroatoms. The van der Waals surface area contributed by atoms with E-state index in [1.807, 2.05) is 0 Å². The summed E-state index contributed by atoms with van der Waals surface area (Å²) >= 11 is 0. The number of benzene rings is 1. The van der Waals surface area contributed by atoms with E-state index in [1.165, 1.54) is 56.9 Å². The molecule has 0 bridgehead atoms. The Morgan fingerprint density at radius 3 is 2.76 bits per heavy atom. The summed E-state index contributed by atoms with van der Waals surface area (Å²) in [5.74, 6) is 4.65. The molecule has 7 atom stereocenters. The van der Waals surface area contributed by atoms with Crippen molar-refractivity contribution in [2.75, 3.05) is 0 Å². The van der Waals surface area contributed by atoms with Gasteiger partial charge < -0.3 is 4.57 Å². The minimum Gasteiger partial charge on any atom is -0.302 e. The Balaban J connectivity index is 1.34. The van der Waals surface area contributed by atoms with Gasteiger partial charge in [-0.25, -0.2) is 4.98 Å². The summed E-state index contributed by atoms with van der Waals surface area (Å²) in [4.78, 5) is 4.71. The Hall–Kier alpha value is -1.57. The third-order valence-electron chi connectivity index (χ3n) is 10.2. The van der Waals surface area contributed by atoms with Gasteiger partial charge in [0.1, 0.15) is 6.33 Å². The molecule has 29 heavy (non-hydrogen) atoms. The Bertz CT molecular complexity index is 970. The molecule has 0 saturated heterocycles. The molecular formula is C27H36N2. The van der Waals surface area contributed by atoms with Crippen LogP contribution < -0.4 is 0 Å². The summed E-state index contributed by atoms with van der Waals surface area (Å²) in [5, 5.41) is 0. The second kappa shape index (κ2) is 6.22. The lowest BCUT2D eigenvalue weighted by Gasteiger charge is -2.61. The molecule has 0 aliphatic heterocycles. The predicted molar refractivity (Wildman–Crippen MR) is 120 cm³/mol. The van der Waals surface area contributed by atoms with Crippen LogP contribution in [-0.2, 0) is 0 Å². The van der Waals surface area contributed by atoms with Gasteiger partial charge in [0.15, 0.2) is 0 Å². The fourth-order valence-corrected chi connectivity index (χ4v) is 8.54. The number of nitrogens with zero attached hydrogens (tertiary/aromatic N) is 2. The van der Waals surface area contributed by atoms with E-state index in [4.69, 9.17) is 4.98 Å². The van der Waals surface area contributed by atoms with Crippen molar-refractivity contribution in [3.63, 3.8) is 0 Å². The van der Waals surface area contributed by atoms with E-state index >= 15 is 0 Å². The van der Waals surface area contributed by atoms with Gasteiger partial charge in [-0.3, -0.25) is 0 Å². The molecule has 1 heterocycles. The maximum absolute atomic E-state index is 4.71. The highest BCUT2D eigenvalue weighted by Gasteiger charge is 2.58. The maximum Gasteiger partial charge on any atom is 0.100 e. The Kier molecular flexibility index (Phi) is 3.91. The molecule has 3 unspecified atom stereocenters. The van der Waals surface area contributed by atoms with E-state index in [0.29, 0.717) is 10.8 Å². The van der Waals surface area contributed by atoms with Crippen molar-refractivity contribution in [1.29, 1.82) is 0 Å². The van der Waals surface area contributed by atoms with Crippen molar-refractivity contribution in [3.8, 4) is 0 Å². The first kappa shape index (κ1) is 18.2. The van der Waals surface area contributed by atoms with Crippen LogP contribution in [-0.4, -0.2) is 9.55 Å². The van der Waals surface area contributed by atoms with Crippen LogP contribution in [0.5, 0.6) is 0 Å². The largest absolute Gasteiger partial charge is 0.302 e. The van der Waals surface area contributed by atoms with Gasteiger partial charge in [0.25, 0.3) is 0 Å². The smallest absolute Gasteiger partial charge is 0.100 e. The van der Waals surface area contributed by atoms with Gasteiger partial charge in [-0.15, -0.1) is 0 Å². The van der Waals surface area contributed by atoms with Gasteiger partial charge in [-0.2, -0.15) is 0 Å². The van der Waals surface area contributed by atoms with E-state index in [2.05, 4.69) is 62.0 Å². The van der Waals surface area contributed by atoms with Crippen molar-refractivity contribution in [2.45, 2.75) is 72.1 Å². The van der Waals surface area contributed by atoms with Crippen molar-refractivity contribution >= 4 is 16.7 Å². The molecule has 0 amide bonds. The van der Waals surface area contributed by atoms with Crippen molar-refractivity contribution < 1.29 is 0 Å². The average molecular weight is 389 g/mol. The summed E-state index contributed by atoms with van der Waals surface area (Å²) in [6.45, 7) is 7.76.